The molecule has 1 aromatic heterocycles. The van der Waals surface area contributed by atoms with E-state index in [0.29, 0.717) is 23.0 Å². The number of fused-ring (bicyclic) bond motifs is 1. The van der Waals surface area contributed by atoms with Crippen LogP contribution in [0.5, 0.6) is 0 Å². The van der Waals surface area contributed by atoms with Crippen LogP contribution in [-0.2, 0) is 23.8 Å². The molecule has 1 heterocycles. The van der Waals surface area contributed by atoms with E-state index in [-0.39, 0.29) is 30.6 Å². The van der Waals surface area contributed by atoms with Gasteiger partial charge in [0.1, 0.15) is 24.2 Å². The predicted octanol–water partition coefficient (Wildman–Crippen LogP) is 3.69. The van der Waals surface area contributed by atoms with Crippen LogP contribution in [-0.4, -0.2) is 53.6 Å². The Kier molecular flexibility index (Phi) is 9.61. The van der Waals surface area contributed by atoms with Crippen molar-refractivity contribution in [1.82, 2.24) is 15.4 Å². The van der Waals surface area contributed by atoms with E-state index in [1.54, 1.807) is 18.2 Å². The van der Waals surface area contributed by atoms with Gasteiger partial charge in [0.05, 0.1) is 23.5 Å². The Morgan fingerprint density at radius 2 is 1.42 bits per heavy atom. The van der Waals surface area contributed by atoms with Crippen LogP contribution in [0.25, 0.3) is 11.0 Å². The van der Waals surface area contributed by atoms with Crippen molar-refractivity contribution in [3.8, 4) is 0 Å². The molecular weight excluding hydrogens is 402 g/mol. The number of H-pyrrole nitrogens is 1. The lowest BCUT2D eigenvalue weighted by molar-refractivity contribution is -0.155. The highest BCUT2D eigenvalue weighted by Gasteiger charge is 2.27. The summed E-state index contributed by atoms with van der Waals surface area (Å²) in [5, 5.41) is 10.3. The minimum absolute atomic E-state index is 0.0151. The van der Waals surface area contributed by atoms with Crippen LogP contribution in [0.4, 0.5) is 0 Å². The number of aromatic amines is 1. The first-order chi connectivity index (χ1) is 14.5. The van der Waals surface area contributed by atoms with Gasteiger partial charge in [-0.15, -0.1) is 0 Å². The Labute approximate surface area is 182 Å². The van der Waals surface area contributed by atoms with Gasteiger partial charge in [0.25, 0.3) is 0 Å². The number of carbonyl (C=O) groups is 3. The maximum Gasteiger partial charge on any atom is 0.338 e. The third-order valence-corrected chi connectivity index (χ3v) is 5.16. The molecule has 0 unspecified atom stereocenters. The van der Waals surface area contributed by atoms with Gasteiger partial charge in [-0.25, -0.2) is 4.79 Å². The number of hydrogen-bond donors (Lipinski definition) is 1. The molecule has 0 aliphatic heterocycles. The number of ether oxygens (including phenoxy) is 3. The van der Waals surface area contributed by atoms with Crippen LogP contribution in [0.15, 0.2) is 18.2 Å². The van der Waals surface area contributed by atoms with Gasteiger partial charge in [-0.3, -0.25) is 9.59 Å². The van der Waals surface area contributed by atoms with Crippen LogP contribution in [0, 0.1) is 10.8 Å². The van der Waals surface area contributed by atoms with Gasteiger partial charge < -0.3 is 14.2 Å². The molecule has 2 aromatic rings. The Bertz CT molecular complexity index is 888. The lowest BCUT2D eigenvalue weighted by Gasteiger charge is -2.20. The first kappa shape index (κ1) is 26.1. The summed E-state index contributed by atoms with van der Waals surface area (Å²) < 4.78 is 14.7. The maximum atomic E-state index is 11.9. The van der Waals surface area contributed by atoms with Crippen molar-refractivity contribution >= 4 is 28.9 Å². The third-order valence-electron chi connectivity index (χ3n) is 5.16. The summed E-state index contributed by atoms with van der Waals surface area (Å²) in [6.07, 6.45) is 1.50. The van der Waals surface area contributed by atoms with Crippen LogP contribution in [0.1, 0.15) is 64.7 Å². The van der Waals surface area contributed by atoms with Gasteiger partial charge in [-0.1, -0.05) is 13.8 Å². The first-order valence-electron chi connectivity index (χ1n) is 10.2. The number of methoxy groups -OCH3 is 1. The molecule has 9 heteroatoms. The van der Waals surface area contributed by atoms with Crippen molar-refractivity contribution in [2.24, 2.45) is 10.8 Å². The van der Waals surface area contributed by atoms with E-state index in [2.05, 4.69) is 20.1 Å². The molecule has 0 saturated carbocycles. The molecule has 0 amide bonds. The summed E-state index contributed by atoms with van der Waals surface area (Å²) in [4.78, 5) is 34.5. The van der Waals surface area contributed by atoms with Crippen molar-refractivity contribution in [2.75, 3.05) is 20.3 Å². The predicted molar refractivity (Wildman–Crippen MR) is 115 cm³/mol. The quantitative estimate of drug-likeness (QED) is 0.379. The van der Waals surface area contributed by atoms with Crippen molar-refractivity contribution in [2.45, 2.75) is 54.4 Å². The molecule has 0 bridgehead atoms. The second-order valence-electron chi connectivity index (χ2n) is 8.27. The molecule has 172 valence electrons. The van der Waals surface area contributed by atoms with E-state index in [4.69, 9.17) is 9.47 Å². The lowest BCUT2D eigenvalue weighted by Crippen LogP contribution is -2.27. The molecule has 0 aliphatic carbocycles. The van der Waals surface area contributed by atoms with E-state index in [1.807, 2.05) is 41.5 Å². The van der Waals surface area contributed by atoms with Crippen LogP contribution in [0.2, 0.25) is 0 Å². The zero-order chi connectivity index (χ0) is 23.7. The molecule has 0 spiro atoms. The minimum atomic E-state index is -0.526. The average Bonchev–Trinajstić information content (AvgIpc) is 3.23. The number of benzene rings is 1. The fourth-order valence-corrected chi connectivity index (χ4v) is 2.08. The zero-order valence-corrected chi connectivity index (χ0v) is 19.4. The highest BCUT2D eigenvalue weighted by molar-refractivity contribution is 5.93. The number of nitrogens with zero attached hydrogens (tertiary/aromatic N) is 2. The Morgan fingerprint density at radius 3 is 1.97 bits per heavy atom. The van der Waals surface area contributed by atoms with E-state index >= 15 is 0 Å². The molecule has 1 aromatic carbocycles. The fraction of sp³-hybridized carbons (Fsp3) is 0.591. The van der Waals surface area contributed by atoms with Crippen molar-refractivity contribution < 1.29 is 28.6 Å². The number of hydrogen-bond acceptors (Lipinski definition) is 8. The van der Waals surface area contributed by atoms with Gasteiger partial charge >= 0.3 is 17.9 Å². The molecule has 1 N–H and O–H groups in total. The topological polar surface area (TPSA) is 120 Å². The Hall–Kier alpha value is -2.97. The Balaban J connectivity index is 0.000000452. The third kappa shape index (κ3) is 7.66. The van der Waals surface area contributed by atoms with E-state index in [9.17, 15) is 14.4 Å². The maximum absolute atomic E-state index is 11.9. The number of carbonyl (C=O) groups excluding carboxylic acids is 3. The monoisotopic (exact) mass is 435 g/mol. The van der Waals surface area contributed by atoms with Gasteiger partial charge in [-0.05, 0) is 58.7 Å². The van der Waals surface area contributed by atoms with Crippen molar-refractivity contribution in [3.05, 3.63) is 23.8 Å². The molecule has 0 saturated heterocycles. The molecular formula is C22H33N3O6. The number of esters is 3. The first-order valence-corrected chi connectivity index (χ1v) is 10.2. The zero-order valence-electron chi connectivity index (χ0n) is 19.4. The van der Waals surface area contributed by atoms with Gasteiger partial charge in [-0.2, -0.15) is 15.4 Å². The minimum Gasteiger partial charge on any atom is -0.469 e. The summed E-state index contributed by atoms with van der Waals surface area (Å²) in [6, 6.07) is 4.88. The Morgan fingerprint density at radius 1 is 0.871 bits per heavy atom. The number of aromatic nitrogens is 3. The van der Waals surface area contributed by atoms with Crippen molar-refractivity contribution in [1.29, 1.82) is 0 Å². The average molecular weight is 436 g/mol. The SMILES string of the molecule is CCC(C)(C)C(=O)OC.CCC(C)(C)C(=O)OCCOC(=O)c1ccc2n[nH]nc2c1. The summed E-state index contributed by atoms with van der Waals surface area (Å²) in [6.45, 7) is 11.3. The highest BCUT2D eigenvalue weighted by atomic mass is 16.6. The fourth-order valence-electron chi connectivity index (χ4n) is 2.08. The van der Waals surface area contributed by atoms with Crippen LogP contribution >= 0.6 is 0 Å². The van der Waals surface area contributed by atoms with Crippen LogP contribution in [0.3, 0.4) is 0 Å². The summed E-state index contributed by atoms with van der Waals surface area (Å²) >= 11 is 0. The standard InChI is InChI=1S/C15H19N3O4.C7H14O2/c1-4-15(2,3)14(20)22-8-7-21-13(19)10-5-6-11-12(9-10)17-18-16-11;1-5-7(2,3)6(8)9-4/h5-6,9H,4,7-8H2,1-3H3,(H,16,17,18);5H2,1-4H3. The summed E-state index contributed by atoms with van der Waals surface area (Å²) in [5.74, 6) is -0.921. The van der Waals surface area contributed by atoms with E-state index in [0.717, 1.165) is 6.42 Å². The molecule has 0 atom stereocenters. The van der Waals surface area contributed by atoms with Gasteiger partial charge in [0, 0.05) is 0 Å². The largest absolute Gasteiger partial charge is 0.469 e. The molecule has 2 rings (SSSR count). The van der Waals surface area contributed by atoms with Crippen LogP contribution < -0.4 is 0 Å². The lowest BCUT2D eigenvalue weighted by atomic mass is 9.91. The van der Waals surface area contributed by atoms with Gasteiger partial charge in [0.15, 0.2) is 0 Å². The highest BCUT2D eigenvalue weighted by Crippen LogP contribution is 2.21. The number of rotatable bonds is 8. The molecule has 31 heavy (non-hydrogen) atoms. The van der Waals surface area contributed by atoms with Crippen molar-refractivity contribution in [3.63, 3.8) is 0 Å². The molecule has 0 fully saturated rings. The van der Waals surface area contributed by atoms with E-state index < -0.39 is 11.4 Å². The molecule has 9 nitrogen and oxygen atoms in total. The summed E-state index contributed by atoms with van der Waals surface area (Å²) in [7, 11) is 1.42. The smallest absolute Gasteiger partial charge is 0.338 e. The second kappa shape index (κ2) is 11.4. The molecule has 0 radical (unpaired) electrons. The van der Waals surface area contributed by atoms with Gasteiger partial charge in [0.2, 0.25) is 0 Å². The second-order valence-corrected chi connectivity index (χ2v) is 8.27. The summed E-state index contributed by atoms with van der Waals surface area (Å²) in [5.41, 5.74) is 0.802. The molecule has 0 aliphatic rings. The number of nitrogens with one attached hydrogen (secondary N) is 1. The van der Waals surface area contributed by atoms with E-state index in [1.165, 1.54) is 7.11 Å². The normalized spacial score (nSPS) is 11.3.